The number of halogens is 3. The van der Waals surface area contributed by atoms with Gasteiger partial charge in [0.25, 0.3) is 6.43 Å². The summed E-state index contributed by atoms with van der Waals surface area (Å²) in [6.45, 7) is 3.32. The van der Waals surface area contributed by atoms with Gasteiger partial charge >= 0.3 is 0 Å². The summed E-state index contributed by atoms with van der Waals surface area (Å²) in [5.41, 5.74) is 0.978. The number of pyridine rings is 1. The van der Waals surface area contributed by atoms with Gasteiger partial charge in [0.05, 0.1) is 5.56 Å². The van der Waals surface area contributed by atoms with Crippen molar-refractivity contribution in [1.29, 1.82) is 0 Å². The van der Waals surface area contributed by atoms with Crippen LogP contribution in [-0.2, 0) is 0 Å². The molecular formula is C8H8ClF2N. The number of hydrogen-bond donors (Lipinski definition) is 0. The van der Waals surface area contributed by atoms with Gasteiger partial charge < -0.3 is 0 Å². The van der Waals surface area contributed by atoms with Crippen LogP contribution >= 0.6 is 11.6 Å². The molecular weight excluding hydrogens is 184 g/mol. The van der Waals surface area contributed by atoms with E-state index in [1.807, 2.05) is 0 Å². The van der Waals surface area contributed by atoms with Crippen LogP contribution < -0.4 is 0 Å². The topological polar surface area (TPSA) is 12.9 Å². The molecule has 0 saturated heterocycles. The van der Waals surface area contributed by atoms with E-state index >= 15 is 0 Å². The Kier molecular flexibility index (Phi) is 2.62. The van der Waals surface area contributed by atoms with Crippen molar-refractivity contribution in [2.75, 3.05) is 0 Å². The van der Waals surface area contributed by atoms with Gasteiger partial charge in [-0.25, -0.2) is 13.8 Å². The number of aryl methyl sites for hydroxylation is 2. The van der Waals surface area contributed by atoms with E-state index in [1.165, 1.54) is 0 Å². The first-order valence-corrected chi connectivity index (χ1v) is 3.82. The quantitative estimate of drug-likeness (QED) is 0.621. The highest BCUT2D eigenvalue weighted by atomic mass is 35.5. The molecule has 1 aromatic heterocycles. The molecule has 0 aliphatic carbocycles. The van der Waals surface area contributed by atoms with Crippen LogP contribution in [0.15, 0.2) is 6.07 Å². The number of aromatic nitrogens is 1. The third-order valence-corrected chi connectivity index (χ3v) is 1.85. The average Bonchev–Trinajstić information content (AvgIpc) is 1.82. The molecule has 0 N–H and O–H groups in total. The Hall–Kier alpha value is -0.700. The first kappa shape index (κ1) is 9.39. The molecule has 0 fully saturated rings. The molecule has 0 saturated carbocycles. The first-order valence-electron chi connectivity index (χ1n) is 3.44. The maximum atomic E-state index is 12.3. The van der Waals surface area contributed by atoms with Gasteiger partial charge in [-0.2, -0.15) is 0 Å². The number of hydrogen-bond acceptors (Lipinski definition) is 1. The van der Waals surface area contributed by atoms with Crippen molar-refractivity contribution in [3.63, 3.8) is 0 Å². The third-order valence-electron chi connectivity index (χ3n) is 1.57. The monoisotopic (exact) mass is 191 g/mol. The van der Waals surface area contributed by atoms with Gasteiger partial charge in [0.1, 0.15) is 5.15 Å². The van der Waals surface area contributed by atoms with Gasteiger partial charge in [-0.05, 0) is 25.5 Å². The molecule has 12 heavy (non-hydrogen) atoms. The lowest BCUT2D eigenvalue weighted by atomic mass is 10.1. The molecule has 0 bridgehead atoms. The fourth-order valence-corrected chi connectivity index (χ4v) is 1.43. The minimum Gasteiger partial charge on any atom is -0.241 e. The normalized spacial score (nSPS) is 10.8. The summed E-state index contributed by atoms with van der Waals surface area (Å²) in [4.78, 5) is 3.74. The summed E-state index contributed by atoms with van der Waals surface area (Å²) in [5.74, 6) is 0. The van der Waals surface area contributed by atoms with Crippen molar-refractivity contribution in [3.8, 4) is 0 Å². The molecule has 66 valence electrons. The zero-order valence-electron chi connectivity index (χ0n) is 6.74. The van der Waals surface area contributed by atoms with Gasteiger partial charge in [0, 0.05) is 5.69 Å². The zero-order chi connectivity index (χ0) is 9.30. The molecule has 0 aromatic carbocycles. The highest BCUT2D eigenvalue weighted by Crippen LogP contribution is 2.28. The van der Waals surface area contributed by atoms with Crippen LogP contribution in [0, 0.1) is 13.8 Å². The lowest BCUT2D eigenvalue weighted by Crippen LogP contribution is -1.95. The molecule has 0 amide bonds. The number of rotatable bonds is 1. The Morgan fingerprint density at radius 1 is 1.42 bits per heavy atom. The molecule has 0 aliphatic heterocycles. The highest BCUT2D eigenvalue weighted by Gasteiger charge is 2.16. The van der Waals surface area contributed by atoms with Gasteiger partial charge in [0.2, 0.25) is 0 Å². The van der Waals surface area contributed by atoms with Gasteiger partial charge in [0.15, 0.2) is 0 Å². The van der Waals surface area contributed by atoms with E-state index in [9.17, 15) is 8.78 Å². The molecule has 0 unspecified atom stereocenters. The average molecular weight is 192 g/mol. The fraction of sp³-hybridized carbons (Fsp3) is 0.375. The summed E-state index contributed by atoms with van der Waals surface area (Å²) < 4.78 is 24.6. The van der Waals surface area contributed by atoms with Crippen LogP contribution in [0.4, 0.5) is 8.78 Å². The van der Waals surface area contributed by atoms with Crippen molar-refractivity contribution in [2.45, 2.75) is 20.3 Å². The van der Waals surface area contributed by atoms with Gasteiger partial charge in [-0.3, -0.25) is 0 Å². The molecule has 1 heterocycles. The van der Waals surface area contributed by atoms with Crippen molar-refractivity contribution in [2.24, 2.45) is 0 Å². The zero-order valence-corrected chi connectivity index (χ0v) is 7.49. The molecule has 1 rings (SSSR count). The van der Waals surface area contributed by atoms with Crippen LogP contribution in [0.5, 0.6) is 0 Å². The van der Waals surface area contributed by atoms with Crippen molar-refractivity contribution >= 4 is 11.6 Å². The van der Waals surface area contributed by atoms with Gasteiger partial charge in [-0.15, -0.1) is 0 Å². The predicted molar refractivity (Wildman–Crippen MR) is 43.7 cm³/mol. The van der Waals surface area contributed by atoms with E-state index < -0.39 is 6.43 Å². The molecule has 0 atom stereocenters. The summed E-state index contributed by atoms with van der Waals surface area (Å²) in [6.07, 6.45) is -2.55. The van der Waals surface area contributed by atoms with Gasteiger partial charge in [-0.1, -0.05) is 11.6 Å². The van der Waals surface area contributed by atoms with E-state index in [1.54, 1.807) is 19.9 Å². The Bertz CT molecular complexity index is 276. The number of nitrogens with zero attached hydrogens (tertiary/aromatic N) is 1. The standard InChI is InChI=1S/C8H8ClF2N/c1-4-3-5(2)12-7(9)6(4)8(10)11/h3,8H,1-2H3. The summed E-state index contributed by atoms with van der Waals surface area (Å²) >= 11 is 5.54. The Morgan fingerprint density at radius 2 is 2.00 bits per heavy atom. The summed E-state index contributed by atoms with van der Waals surface area (Å²) in [6, 6.07) is 1.59. The maximum absolute atomic E-state index is 12.3. The second kappa shape index (κ2) is 3.35. The summed E-state index contributed by atoms with van der Waals surface area (Å²) in [7, 11) is 0. The third kappa shape index (κ3) is 1.72. The molecule has 1 aromatic rings. The molecule has 1 nitrogen and oxygen atoms in total. The lowest BCUT2D eigenvalue weighted by Gasteiger charge is -2.06. The Morgan fingerprint density at radius 3 is 2.42 bits per heavy atom. The molecule has 0 spiro atoms. The minimum atomic E-state index is -2.55. The smallest absolute Gasteiger partial charge is 0.241 e. The summed E-state index contributed by atoms with van der Waals surface area (Å²) in [5, 5.41) is -0.0949. The van der Waals surface area contributed by atoms with Crippen LogP contribution in [-0.4, -0.2) is 4.98 Å². The lowest BCUT2D eigenvalue weighted by molar-refractivity contribution is 0.150. The van der Waals surface area contributed by atoms with Crippen molar-refractivity contribution in [1.82, 2.24) is 4.98 Å². The van der Waals surface area contributed by atoms with Crippen LogP contribution in [0.3, 0.4) is 0 Å². The largest absolute Gasteiger partial charge is 0.267 e. The second-order valence-corrected chi connectivity index (χ2v) is 2.94. The first-order chi connectivity index (χ1) is 5.52. The van der Waals surface area contributed by atoms with Crippen molar-refractivity contribution < 1.29 is 8.78 Å². The van der Waals surface area contributed by atoms with Crippen molar-refractivity contribution in [3.05, 3.63) is 28.0 Å². The Labute approximate surface area is 74.4 Å². The highest BCUT2D eigenvalue weighted by molar-refractivity contribution is 6.30. The molecule has 4 heteroatoms. The number of alkyl halides is 2. The SMILES string of the molecule is Cc1cc(C)c(C(F)F)c(Cl)n1. The fourth-order valence-electron chi connectivity index (χ4n) is 1.06. The van der Waals surface area contributed by atoms with E-state index in [-0.39, 0.29) is 10.7 Å². The second-order valence-electron chi connectivity index (χ2n) is 2.59. The van der Waals surface area contributed by atoms with E-state index in [2.05, 4.69) is 4.98 Å². The predicted octanol–water partition coefficient (Wildman–Crippen LogP) is 3.29. The van der Waals surface area contributed by atoms with E-state index in [0.29, 0.717) is 11.3 Å². The molecule has 0 aliphatic rings. The van der Waals surface area contributed by atoms with E-state index in [4.69, 9.17) is 11.6 Å². The molecule has 0 radical (unpaired) electrons. The van der Waals surface area contributed by atoms with E-state index in [0.717, 1.165) is 0 Å². The van der Waals surface area contributed by atoms with Crippen LogP contribution in [0.1, 0.15) is 23.2 Å². The maximum Gasteiger partial charge on any atom is 0.267 e. The minimum absolute atomic E-state index is 0.0949. The van der Waals surface area contributed by atoms with Crippen LogP contribution in [0.25, 0.3) is 0 Å². The van der Waals surface area contributed by atoms with Crippen LogP contribution in [0.2, 0.25) is 5.15 Å². The Balaban J connectivity index is 3.28.